The number of tetrazole rings is 1. The number of anilines is 3. The monoisotopic (exact) mass is 476 g/mol. The smallest absolute Gasteiger partial charge is 0.274 e. The summed E-state index contributed by atoms with van der Waals surface area (Å²) in [6.07, 6.45) is 4.24. The molecule has 8 nitrogen and oxygen atoms in total. The van der Waals surface area contributed by atoms with Crippen LogP contribution in [-0.2, 0) is 12.8 Å². The number of nitrogens with zero attached hydrogens (tertiary/aromatic N) is 7. The molecule has 2 aromatic carbocycles. The first-order valence-electron chi connectivity index (χ1n) is 12.6. The quantitative estimate of drug-likeness (QED) is 0.364. The topological polar surface area (TPSA) is 88.4 Å². The molecule has 0 unspecified atom stereocenters. The number of aryl methyl sites for hydroxylation is 4. The predicted octanol–water partition coefficient (Wildman–Crippen LogP) is 5.61. The van der Waals surface area contributed by atoms with E-state index in [0.29, 0.717) is 11.9 Å². The second kappa shape index (κ2) is 7.71. The third-order valence-corrected chi connectivity index (χ3v) is 7.62. The number of para-hydroxylation sites is 1. The molecule has 1 aliphatic carbocycles. The highest BCUT2D eigenvalue weighted by Gasteiger charge is 2.33. The van der Waals surface area contributed by atoms with Gasteiger partial charge in [-0.25, -0.2) is 9.97 Å². The van der Waals surface area contributed by atoms with Gasteiger partial charge in [0, 0.05) is 11.6 Å². The molecule has 1 saturated carbocycles. The van der Waals surface area contributed by atoms with Crippen LogP contribution in [-0.4, -0.2) is 35.2 Å². The van der Waals surface area contributed by atoms with Crippen molar-refractivity contribution >= 4 is 28.5 Å². The molecule has 36 heavy (non-hydrogen) atoms. The van der Waals surface area contributed by atoms with Gasteiger partial charge in [0.25, 0.3) is 5.95 Å². The Kier molecular flexibility index (Phi) is 4.55. The number of hydrogen-bond acceptors (Lipinski definition) is 6. The molecule has 0 atom stereocenters. The first-order valence-corrected chi connectivity index (χ1v) is 12.6. The molecule has 1 N–H and O–H groups in total. The van der Waals surface area contributed by atoms with Crippen LogP contribution in [0.5, 0.6) is 0 Å². The summed E-state index contributed by atoms with van der Waals surface area (Å²) in [5.41, 5.74) is 12.6. The zero-order valence-corrected chi connectivity index (χ0v) is 21.0. The van der Waals surface area contributed by atoms with Gasteiger partial charge in [0.05, 0.1) is 17.1 Å². The maximum Gasteiger partial charge on any atom is 0.274 e. The maximum atomic E-state index is 5.15. The summed E-state index contributed by atoms with van der Waals surface area (Å²) in [5, 5.41) is 15.2. The Morgan fingerprint density at radius 3 is 2.53 bits per heavy atom. The van der Waals surface area contributed by atoms with E-state index in [1.165, 1.54) is 46.3 Å². The van der Waals surface area contributed by atoms with Gasteiger partial charge >= 0.3 is 0 Å². The predicted molar refractivity (Wildman–Crippen MR) is 140 cm³/mol. The van der Waals surface area contributed by atoms with Gasteiger partial charge in [-0.1, -0.05) is 23.3 Å². The number of rotatable bonds is 3. The average molecular weight is 477 g/mol. The van der Waals surface area contributed by atoms with E-state index in [-0.39, 0.29) is 0 Å². The van der Waals surface area contributed by atoms with Gasteiger partial charge in [0.15, 0.2) is 5.65 Å². The summed E-state index contributed by atoms with van der Waals surface area (Å²) in [6.45, 7) is 8.65. The number of H-pyrrole nitrogens is 1. The molecular weight excluding hydrogens is 448 g/mol. The number of imidazole rings is 1. The molecule has 0 saturated heterocycles. The Bertz CT molecular complexity index is 1640. The van der Waals surface area contributed by atoms with Gasteiger partial charge < -0.3 is 0 Å². The van der Waals surface area contributed by atoms with Gasteiger partial charge in [-0.2, -0.15) is 5.21 Å². The summed E-state index contributed by atoms with van der Waals surface area (Å²) in [4.78, 5) is 12.3. The minimum atomic E-state index is 0.497. The Hall–Kier alpha value is -4.07. The van der Waals surface area contributed by atoms with E-state index in [9.17, 15) is 0 Å². The summed E-state index contributed by atoms with van der Waals surface area (Å²) >= 11 is 0. The van der Waals surface area contributed by atoms with Crippen molar-refractivity contribution < 1.29 is 0 Å². The van der Waals surface area contributed by atoms with E-state index in [1.54, 1.807) is 0 Å². The van der Waals surface area contributed by atoms with E-state index < -0.39 is 0 Å². The van der Waals surface area contributed by atoms with Crippen LogP contribution in [0.3, 0.4) is 0 Å². The molecule has 0 amide bonds. The van der Waals surface area contributed by atoms with Crippen molar-refractivity contribution in [3.05, 3.63) is 75.7 Å². The minimum absolute atomic E-state index is 0.497. The third-order valence-electron chi connectivity index (χ3n) is 7.62. The van der Waals surface area contributed by atoms with Crippen molar-refractivity contribution in [1.29, 1.82) is 0 Å². The van der Waals surface area contributed by atoms with E-state index in [2.05, 4.69) is 94.2 Å². The number of hydrogen-bond donors (Lipinski definition) is 1. The van der Waals surface area contributed by atoms with Crippen molar-refractivity contribution in [2.75, 3.05) is 4.90 Å². The first kappa shape index (κ1) is 21.2. The second-order valence-electron chi connectivity index (χ2n) is 10.2. The Morgan fingerprint density at radius 1 is 0.917 bits per heavy atom. The molecule has 5 aromatic rings. The van der Waals surface area contributed by atoms with Gasteiger partial charge in [0.2, 0.25) is 0 Å². The van der Waals surface area contributed by atoms with Gasteiger partial charge in [-0.05, 0) is 105 Å². The van der Waals surface area contributed by atoms with Crippen molar-refractivity contribution in [3.63, 3.8) is 0 Å². The van der Waals surface area contributed by atoms with Crippen LogP contribution in [0.25, 0.3) is 16.9 Å². The Balaban J connectivity index is 1.52. The van der Waals surface area contributed by atoms with Gasteiger partial charge in [-0.3, -0.25) is 9.47 Å². The number of aromatic nitrogens is 7. The number of pyridine rings is 1. The minimum Gasteiger partial charge on any atom is -0.280 e. The van der Waals surface area contributed by atoms with Crippen LogP contribution in [0.2, 0.25) is 0 Å². The lowest BCUT2D eigenvalue weighted by molar-refractivity contribution is 0.871. The summed E-state index contributed by atoms with van der Waals surface area (Å²) in [5.74, 6) is 2.19. The summed E-state index contributed by atoms with van der Waals surface area (Å²) < 4.78 is 2.36. The molecule has 1 aliphatic heterocycles. The van der Waals surface area contributed by atoms with Crippen molar-refractivity contribution in [3.8, 4) is 5.69 Å². The highest BCUT2D eigenvalue weighted by molar-refractivity contribution is 5.83. The van der Waals surface area contributed by atoms with Crippen LogP contribution in [0.15, 0.2) is 36.4 Å². The van der Waals surface area contributed by atoms with E-state index in [0.717, 1.165) is 46.9 Å². The SMILES string of the molecule is Cc1cc(C)c2nc(C3CC3)n(-c3c(C)cc4c(c3C)CCc3ccccc3N4c3nn[nH]n3)c2n1. The van der Waals surface area contributed by atoms with Crippen LogP contribution in [0, 0.1) is 27.7 Å². The third kappa shape index (κ3) is 3.10. The first-order chi connectivity index (χ1) is 17.5. The highest BCUT2D eigenvalue weighted by Crippen LogP contribution is 2.46. The fourth-order valence-electron chi connectivity index (χ4n) is 5.86. The van der Waals surface area contributed by atoms with Crippen molar-refractivity contribution in [1.82, 2.24) is 35.2 Å². The Labute approximate surface area is 209 Å². The van der Waals surface area contributed by atoms with E-state index in [4.69, 9.17) is 9.97 Å². The van der Waals surface area contributed by atoms with Crippen molar-refractivity contribution in [2.45, 2.75) is 59.3 Å². The number of nitrogens with one attached hydrogen (secondary N) is 1. The summed E-state index contributed by atoms with van der Waals surface area (Å²) in [7, 11) is 0. The molecule has 7 rings (SSSR count). The van der Waals surface area contributed by atoms with Gasteiger partial charge in [-0.15, -0.1) is 5.10 Å². The fraction of sp³-hybridized carbons (Fsp3) is 0.321. The Morgan fingerprint density at radius 2 is 1.75 bits per heavy atom. The normalized spacial score (nSPS) is 15.2. The van der Waals surface area contributed by atoms with Crippen LogP contribution < -0.4 is 4.90 Å². The highest BCUT2D eigenvalue weighted by atomic mass is 15.5. The molecule has 8 heteroatoms. The molecule has 0 radical (unpaired) electrons. The number of fused-ring (bicyclic) bond motifs is 3. The van der Waals surface area contributed by atoms with E-state index in [1.807, 2.05) is 0 Å². The lowest BCUT2D eigenvalue weighted by Crippen LogP contribution is -2.16. The van der Waals surface area contributed by atoms with E-state index >= 15 is 0 Å². The van der Waals surface area contributed by atoms with Crippen molar-refractivity contribution in [2.24, 2.45) is 0 Å². The molecule has 0 spiro atoms. The van der Waals surface area contributed by atoms with Crippen LogP contribution >= 0.6 is 0 Å². The fourth-order valence-corrected chi connectivity index (χ4v) is 5.86. The largest absolute Gasteiger partial charge is 0.280 e. The molecule has 2 aliphatic rings. The van der Waals surface area contributed by atoms with Crippen LogP contribution in [0.1, 0.15) is 58.1 Å². The molecule has 4 heterocycles. The number of benzene rings is 2. The lowest BCUT2D eigenvalue weighted by atomic mass is 9.95. The standard InChI is InChI=1S/C28H28N8/c1-15-13-17(3)29-27-24(15)30-26(20-9-10-20)36(27)25-16(2)14-23-21(18(25)4)12-11-19-7-5-6-8-22(19)35(23)28-31-33-34-32-28/h5-8,13-14,20H,9-12H2,1-4H3,(H,31,32,33,34). The summed E-state index contributed by atoms with van der Waals surface area (Å²) in [6, 6.07) is 12.9. The number of aromatic amines is 1. The zero-order chi connectivity index (χ0) is 24.6. The molecule has 0 bridgehead atoms. The van der Waals surface area contributed by atoms with Crippen LogP contribution in [0.4, 0.5) is 17.3 Å². The zero-order valence-electron chi connectivity index (χ0n) is 21.0. The molecular formula is C28H28N8. The maximum absolute atomic E-state index is 5.15. The molecule has 3 aromatic heterocycles. The second-order valence-corrected chi connectivity index (χ2v) is 10.2. The molecule has 1 fully saturated rings. The molecule has 180 valence electrons. The lowest BCUT2D eigenvalue weighted by Gasteiger charge is -2.26. The average Bonchev–Trinajstić information content (AvgIpc) is 3.48. The van der Waals surface area contributed by atoms with Gasteiger partial charge in [0.1, 0.15) is 11.3 Å².